The van der Waals surface area contributed by atoms with Crippen molar-refractivity contribution in [1.82, 2.24) is 10.3 Å². The lowest BCUT2D eigenvalue weighted by atomic mass is 10.2. The summed E-state index contributed by atoms with van der Waals surface area (Å²) >= 11 is 3.52. The first-order chi connectivity index (χ1) is 10.7. The van der Waals surface area contributed by atoms with Crippen molar-refractivity contribution in [3.8, 4) is 11.5 Å². The van der Waals surface area contributed by atoms with Crippen LogP contribution in [0.15, 0.2) is 41.1 Å². The van der Waals surface area contributed by atoms with Gasteiger partial charge in [0.25, 0.3) is 0 Å². The number of benzene rings is 1. The van der Waals surface area contributed by atoms with Crippen LogP contribution in [0.25, 0.3) is 0 Å². The average molecular weight is 404 g/mol. The van der Waals surface area contributed by atoms with Crippen LogP contribution in [0.3, 0.4) is 0 Å². The third-order valence-electron chi connectivity index (χ3n) is 3.01. The SMILES string of the molecule is COc1cc(CNCCO)cc(Br)c1OCc1cccnc1.Cl. The molecule has 2 N–H and O–H groups in total. The number of methoxy groups -OCH3 is 1. The zero-order chi connectivity index (χ0) is 15.8. The predicted octanol–water partition coefficient (Wildman–Crippen LogP) is 2.94. The van der Waals surface area contributed by atoms with Crippen molar-refractivity contribution in [2.24, 2.45) is 0 Å². The Kier molecular flexibility index (Phi) is 8.94. The summed E-state index contributed by atoms with van der Waals surface area (Å²) in [7, 11) is 1.61. The van der Waals surface area contributed by atoms with Crippen molar-refractivity contribution in [2.45, 2.75) is 13.2 Å². The van der Waals surface area contributed by atoms with Gasteiger partial charge < -0.3 is 19.9 Å². The highest BCUT2D eigenvalue weighted by molar-refractivity contribution is 9.10. The Labute approximate surface area is 150 Å². The monoisotopic (exact) mass is 402 g/mol. The second kappa shape index (κ2) is 10.4. The van der Waals surface area contributed by atoms with E-state index >= 15 is 0 Å². The van der Waals surface area contributed by atoms with Crippen LogP contribution in [-0.4, -0.2) is 30.4 Å². The molecule has 0 unspecified atom stereocenters. The predicted molar refractivity (Wildman–Crippen MR) is 95.3 cm³/mol. The second-order valence-electron chi connectivity index (χ2n) is 4.66. The summed E-state index contributed by atoms with van der Waals surface area (Å²) in [6.07, 6.45) is 3.50. The molecule has 7 heteroatoms. The molecular weight excluding hydrogens is 384 g/mol. The van der Waals surface area contributed by atoms with E-state index in [2.05, 4.69) is 26.2 Å². The first kappa shape index (κ1) is 19.7. The molecular formula is C16H20BrClN2O3. The van der Waals surface area contributed by atoms with Gasteiger partial charge in [-0.2, -0.15) is 0 Å². The fourth-order valence-corrected chi connectivity index (χ4v) is 2.57. The Hall–Kier alpha value is -1.34. The third-order valence-corrected chi connectivity index (χ3v) is 3.60. The molecule has 0 spiro atoms. The van der Waals surface area contributed by atoms with Crippen molar-refractivity contribution >= 4 is 28.3 Å². The molecule has 0 saturated heterocycles. The number of ether oxygens (including phenoxy) is 2. The molecule has 0 aliphatic carbocycles. The molecule has 0 fully saturated rings. The molecule has 5 nitrogen and oxygen atoms in total. The van der Waals surface area contributed by atoms with Gasteiger partial charge in [0, 0.05) is 31.0 Å². The van der Waals surface area contributed by atoms with Gasteiger partial charge in [0.05, 0.1) is 18.2 Å². The Morgan fingerprint density at radius 1 is 1.30 bits per heavy atom. The van der Waals surface area contributed by atoms with Gasteiger partial charge in [0.15, 0.2) is 11.5 Å². The van der Waals surface area contributed by atoms with Gasteiger partial charge in [-0.3, -0.25) is 4.98 Å². The van der Waals surface area contributed by atoms with Crippen molar-refractivity contribution in [3.05, 3.63) is 52.3 Å². The minimum atomic E-state index is 0. The molecule has 0 amide bonds. The van der Waals surface area contributed by atoms with Crippen molar-refractivity contribution in [1.29, 1.82) is 0 Å². The van der Waals surface area contributed by atoms with Gasteiger partial charge in [-0.05, 0) is 39.7 Å². The summed E-state index contributed by atoms with van der Waals surface area (Å²) < 4.78 is 12.1. The topological polar surface area (TPSA) is 63.6 Å². The number of rotatable bonds is 8. The van der Waals surface area contributed by atoms with Crippen LogP contribution >= 0.6 is 28.3 Å². The second-order valence-corrected chi connectivity index (χ2v) is 5.51. The Balaban J connectivity index is 0.00000264. The molecule has 126 valence electrons. The first-order valence-corrected chi connectivity index (χ1v) is 7.73. The summed E-state index contributed by atoms with van der Waals surface area (Å²) in [6, 6.07) is 7.74. The molecule has 0 aliphatic rings. The molecule has 0 atom stereocenters. The van der Waals surface area contributed by atoms with E-state index < -0.39 is 0 Å². The highest BCUT2D eigenvalue weighted by Crippen LogP contribution is 2.37. The molecule has 2 aromatic rings. The number of aromatic nitrogens is 1. The first-order valence-electron chi connectivity index (χ1n) is 6.94. The number of halogens is 2. The van der Waals surface area contributed by atoms with Crippen molar-refractivity contribution in [3.63, 3.8) is 0 Å². The van der Waals surface area contributed by atoms with Gasteiger partial charge in [0.1, 0.15) is 6.61 Å². The fraction of sp³-hybridized carbons (Fsp3) is 0.312. The zero-order valence-electron chi connectivity index (χ0n) is 12.8. The van der Waals surface area contributed by atoms with Gasteiger partial charge in [-0.25, -0.2) is 0 Å². The number of hydrogen-bond acceptors (Lipinski definition) is 5. The number of pyridine rings is 1. The average Bonchev–Trinajstić information content (AvgIpc) is 2.54. The van der Waals surface area contributed by atoms with Crippen LogP contribution in [0, 0.1) is 0 Å². The summed E-state index contributed by atoms with van der Waals surface area (Å²) in [5, 5.41) is 11.9. The van der Waals surface area contributed by atoms with Gasteiger partial charge >= 0.3 is 0 Å². The van der Waals surface area contributed by atoms with E-state index in [9.17, 15) is 0 Å². The minimum Gasteiger partial charge on any atom is -0.493 e. The van der Waals surface area contributed by atoms with E-state index in [0.29, 0.717) is 31.2 Å². The Morgan fingerprint density at radius 3 is 2.78 bits per heavy atom. The van der Waals surface area contributed by atoms with Gasteiger partial charge in [-0.1, -0.05) is 6.07 Å². The third kappa shape index (κ3) is 5.99. The number of nitrogens with one attached hydrogen (secondary N) is 1. The fourth-order valence-electron chi connectivity index (χ4n) is 1.97. The van der Waals surface area contributed by atoms with Crippen LogP contribution in [0.5, 0.6) is 11.5 Å². The summed E-state index contributed by atoms with van der Waals surface area (Å²) in [5.74, 6) is 1.33. The van der Waals surface area contributed by atoms with Crippen LogP contribution in [0.1, 0.15) is 11.1 Å². The lowest BCUT2D eigenvalue weighted by Gasteiger charge is -2.14. The maximum absolute atomic E-state index is 8.80. The standard InChI is InChI=1S/C16H19BrN2O3.ClH/c1-21-15-8-13(10-19-5-6-20)7-14(17)16(15)22-11-12-3-2-4-18-9-12;/h2-4,7-9,19-20H,5-6,10-11H2,1H3;1H. The van der Waals surface area contributed by atoms with Crippen LogP contribution < -0.4 is 14.8 Å². The normalized spacial score (nSPS) is 10.0. The van der Waals surface area contributed by atoms with E-state index in [0.717, 1.165) is 15.6 Å². The van der Waals surface area contributed by atoms with Gasteiger partial charge in [0.2, 0.25) is 0 Å². The Bertz CT molecular complexity index is 599. The highest BCUT2D eigenvalue weighted by Gasteiger charge is 2.12. The maximum Gasteiger partial charge on any atom is 0.175 e. The van der Waals surface area contributed by atoms with E-state index in [4.69, 9.17) is 14.6 Å². The van der Waals surface area contributed by atoms with E-state index in [1.807, 2.05) is 24.3 Å². The van der Waals surface area contributed by atoms with Gasteiger partial charge in [-0.15, -0.1) is 12.4 Å². The minimum absolute atomic E-state index is 0. The molecule has 0 radical (unpaired) electrons. The number of aliphatic hydroxyl groups excluding tert-OH is 1. The lowest BCUT2D eigenvalue weighted by molar-refractivity contribution is 0.281. The molecule has 0 aliphatic heterocycles. The number of aliphatic hydroxyl groups is 1. The number of hydrogen-bond donors (Lipinski definition) is 2. The number of nitrogens with zero attached hydrogens (tertiary/aromatic N) is 1. The summed E-state index contributed by atoms with van der Waals surface area (Å²) in [5.41, 5.74) is 2.04. The molecule has 1 aromatic heterocycles. The van der Waals surface area contributed by atoms with Crippen LogP contribution in [0.2, 0.25) is 0 Å². The van der Waals surface area contributed by atoms with E-state index in [-0.39, 0.29) is 19.0 Å². The molecule has 1 aromatic carbocycles. The molecule has 2 rings (SSSR count). The summed E-state index contributed by atoms with van der Waals surface area (Å²) in [4.78, 5) is 4.07. The summed E-state index contributed by atoms with van der Waals surface area (Å²) in [6.45, 7) is 1.74. The molecule has 0 saturated carbocycles. The Morgan fingerprint density at radius 2 is 2.13 bits per heavy atom. The van der Waals surface area contributed by atoms with E-state index in [1.165, 1.54) is 0 Å². The van der Waals surface area contributed by atoms with Crippen molar-refractivity contribution in [2.75, 3.05) is 20.3 Å². The van der Waals surface area contributed by atoms with Crippen molar-refractivity contribution < 1.29 is 14.6 Å². The zero-order valence-corrected chi connectivity index (χ0v) is 15.2. The smallest absolute Gasteiger partial charge is 0.175 e. The van der Waals surface area contributed by atoms with Crippen LogP contribution in [0.4, 0.5) is 0 Å². The molecule has 1 heterocycles. The highest BCUT2D eigenvalue weighted by atomic mass is 79.9. The van der Waals surface area contributed by atoms with Crippen LogP contribution in [-0.2, 0) is 13.2 Å². The quantitative estimate of drug-likeness (QED) is 0.664. The van der Waals surface area contributed by atoms with E-state index in [1.54, 1.807) is 19.5 Å². The maximum atomic E-state index is 8.80. The molecule has 23 heavy (non-hydrogen) atoms. The molecule has 0 bridgehead atoms. The largest absolute Gasteiger partial charge is 0.493 e. The lowest BCUT2D eigenvalue weighted by Crippen LogP contribution is -2.17.